The Bertz CT molecular complexity index is 613. The minimum Gasteiger partial charge on any atom is -0.399 e. The average Bonchev–Trinajstić information content (AvgIpc) is 2.43. The molecule has 0 spiro atoms. The van der Waals surface area contributed by atoms with Crippen molar-refractivity contribution in [2.24, 2.45) is 0 Å². The molecule has 0 atom stereocenters. The third kappa shape index (κ3) is 4.29. The Balaban J connectivity index is 2.18. The van der Waals surface area contributed by atoms with E-state index in [0.717, 1.165) is 23.4 Å². The maximum Gasteiger partial charge on any atom is 0.137 e. The second kappa shape index (κ2) is 7.05. The summed E-state index contributed by atoms with van der Waals surface area (Å²) >= 11 is 3.33. The minimum atomic E-state index is -0.222. The molecule has 2 aromatic rings. The van der Waals surface area contributed by atoms with Gasteiger partial charge in [-0.1, -0.05) is 24.3 Å². The largest absolute Gasteiger partial charge is 0.399 e. The number of benzene rings is 2. The Hall–Kier alpha value is -1.39. The van der Waals surface area contributed by atoms with Crippen molar-refractivity contribution in [1.82, 2.24) is 4.90 Å². The van der Waals surface area contributed by atoms with E-state index < -0.39 is 0 Å². The fourth-order valence-electron chi connectivity index (χ4n) is 2.24. The molecule has 0 saturated heterocycles. The molecule has 2 N–H and O–H groups in total. The van der Waals surface area contributed by atoms with Crippen molar-refractivity contribution in [3.8, 4) is 0 Å². The summed E-state index contributed by atoms with van der Waals surface area (Å²) in [5, 5.41) is 0. The first kappa shape index (κ1) is 16.0. The van der Waals surface area contributed by atoms with Crippen LogP contribution in [0.3, 0.4) is 0 Å². The van der Waals surface area contributed by atoms with E-state index in [1.807, 2.05) is 24.3 Å². The molecule has 0 fully saturated rings. The average molecular weight is 351 g/mol. The van der Waals surface area contributed by atoms with Crippen LogP contribution in [0.1, 0.15) is 25.0 Å². The summed E-state index contributed by atoms with van der Waals surface area (Å²) in [6, 6.07) is 13.4. The number of hydrogen-bond acceptors (Lipinski definition) is 2. The van der Waals surface area contributed by atoms with Gasteiger partial charge in [0.2, 0.25) is 0 Å². The topological polar surface area (TPSA) is 29.3 Å². The monoisotopic (exact) mass is 350 g/mol. The van der Waals surface area contributed by atoms with Crippen LogP contribution in [-0.4, -0.2) is 10.9 Å². The maximum absolute atomic E-state index is 13.6. The Kier molecular flexibility index (Phi) is 5.37. The number of anilines is 1. The van der Waals surface area contributed by atoms with Crippen LogP contribution >= 0.6 is 15.9 Å². The second-order valence-electron chi connectivity index (χ2n) is 5.46. The Morgan fingerprint density at radius 1 is 1.14 bits per heavy atom. The lowest BCUT2D eigenvalue weighted by atomic mass is 10.1. The van der Waals surface area contributed by atoms with Gasteiger partial charge in [0.15, 0.2) is 0 Å². The van der Waals surface area contributed by atoms with E-state index >= 15 is 0 Å². The zero-order chi connectivity index (χ0) is 15.4. The number of rotatable bonds is 5. The molecule has 0 bridgehead atoms. The zero-order valence-electron chi connectivity index (χ0n) is 12.3. The van der Waals surface area contributed by atoms with E-state index in [1.165, 1.54) is 6.07 Å². The summed E-state index contributed by atoms with van der Waals surface area (Å²) in [6.45, 7) is 5.75. The zero-order valence-corrected chi connectivity index (χ0v) is 13.9. The highest BCUT2D eigenvalue weighted by molar-refractivity contribution is 9.10. The molecule has 4 heteroatoms. The molecule has 0 amide bonds. The number of halogens is 2. The lowest BCUT2D eigenvalue weighted by molar-refractivity contribution is 0.203. The van der Waals surface area contributed by atoms with Gasteiger partial charge in [-0.25, -0.2) is 4.39 Å². The Labute approximate surface area is 133 Å². The first-order chi connectivity index (χ1) is 9.97. The predicted octanol–water partition coefficient (Wildman–Crippen LogP) is 4.58. The molecule has 0 heterocycles. The number of nitrogens with two attached hydrogens (primary N) is 1. The highest BCUT2D eigenvalue weighted by Crippen LogP contribution is 2.23. The summed E-state index contributed by atoms with van der Waals surface area (Å²) in [4.78, 5) is 2.29. The van der Waals surface area contributed by atoms with Crippen molar-refractivity contribution >= 4 is 21.6 Å². The molecule has 0 aliphatic heterocycles. The van der Waals surface area contributed by atoms with Gasteiger partial charge in [-0.15, -0.1) is 0 Å². The number of nitrogens with zero attached hydrogens (tertiary/aromatic N) is 1. The van der Waals surface area contributed by atoms with Gasteiger partial charge in [0.25, 0.3) is 0 Å². The Morgan fingerprint density at radius 2 is 1.86 bits per heavy atom. The molecule has 2 rings (SSSR count). The highest BCUT2D eigenvalue weighted by Gasteiger charge is 2.14. The molecule has 21 heavy (non-hydrogen) atoms. The third-order valence-corrected chi connectivity index (χ3v) is 4.36. The lowest BCUT2D eigenvalue weighted by Gasteiger charge is -2.27. The first-order valence-corrected chi connectivity index (χ1v) is 7.78. The van der Waals surface area contributed by atoms with Gasteiger partial charge in [0.1, 0.15) is 5.82 Å². The smallest absolute Gasteiger partial charge is 0.137 e. The van der Waals surface area contributed by atoms with Crippen LogP contribution in [-0.2, 0) is 13.1 Å². The predicted molar refractivity (Wildman–Crippen MR) is 89.3 cm³/mol. The quantitative estimate of drug-likeness (QED) is 0.799. The van der Waals surface area contributed by atoms with Crippen molar-refractivity contribution in [1.29, 1.82) is 0 Å². The molecule has 0 aliphatic rings. The fourth-order valence-corrected chi connectivity index (χ4v) is 2.63. The van der Waals surface area contributed by atoms with Crippen LogP contribution in [0, 0.1) is 5.82 Å². The normalized spacial score (nSPS) is 11.3. The van der Waals surface area contributed by atoms with Crippen LogP contribution in [0.5, 0.6) is 0 Å². The molecule has 0 aromatic heterocycles. The number of hydrogen-bond donors (Lipinski definition) is 1. The van der Waals surface area contributed by atoms with Crippen molar-refractivity contribution < 1.29 is 4.39 Å². The van der Waals surface area contributed by atoms with Crippen molar-refractivity contribution in [2.45, 2.75) is 33.0 Å². The molecular weight excluding hydrogens is 331 g/mol. The van der Waals surface area contributed by atoms with E-state index in [9.17, 15) is 4.39 Å². The van der Waals surface area contributed by atoms with Crippen molar-refractivity contribution in [3.63, 3.8) is 0 Å². The van der Waals surface area contributed by atoms with Gasteiger partial charge in [-0.05, 0) is 59.1 Å². The van der Waals surface area contributed by atoms with Gasteiger partial charge in [-0.3, -0.25) is 4.90 Å². The summed E-state index contributed by atoms with van der Waals surface area (Å²) < 4.78 is 14.2. The van der Waals surface area contributed by atoms with E-state index in [2.05, 4.69) is 40.7 Å². The van der Waals surface area contributed by atoms with E-state index in [-0.39, 0.29) is 5.82 Å². The van der Waals surface area contributed by atoms with E-state index in [4.69, 9.17) is 5.73 Å². The summed E-state index contributed by atoms with van der Waals surface area (Å²) in [5.74, 6) is -0.222. The number of nitrogen functional groups attached to an aromatic ring is 1. The molecule has 0 unspecified atom stereocenters. The highest BCUT2D eigenvalue weighted by atomic mass is 79.9. The molecule has 2 nitrogen and oxygen atoms in total. The van der Waals surface area contributed by atoms with Crippen LogP contribution in [0.4, 0.5) is 10.1 Å². The molecule has 2 aromatic carbocycles. The first-order valence-electron chi connectivity index (χ1n) is 6.98. The minimum absolute atomic E-state index is 0.222. The lowest BCUT2D eigenvalue weighted by Crippen LogP contribution is -2.30. The van der Waals surface area contributed by atoms with Crippen LogP contribution in [0.25, 0.3) is 0 Å². The molecule has 0 aliphatic carbocycles. The molecule has 112 valence electrons. The van der Waals surface area contributed by atoms with Crippen LogP contribution in [0.15, 0.2) is 46.9 Å². The van der Waals surface area contributed by atoms with E-state index in [0.29, 0.717) is 17.1 Å². The van der Waals surface area contributed by atoms with Crippen LogP contribution < -0.4 is 5.73 Å². The molecule has 0 saturated carbocycles. The standard InChI is InChI=1S/C17H20BrFN2/c1-12(2)21(10-13-5-3-7-15(20)9-13)11-14-6-4-8-16(19)17(14)18/h3-9,12H,10-11,20H2,1-2H3. The maximum atomic E-state index is 13.6. The fraction of sp³-hybridized carbons (Fsp3) is 0.294. The summed E-state index contributed by atoms with van der Waals surface area (Å²) in [7, 11) is 0. The molecular formula is C17H20BrFN2. The van der Waals surface area contributed by atoms with Gasteiger partial charge < -0.3 is 5.73 Å². The van der Waals surface area contributed by atoms with Gasteiger partial charge in [0, 0.05) is 24.8 Å². The summed E-state index contributed by atoms with van der Waals surface area (Å²) in [6.07, 6.45) is 0. The second-order valence-corrected chi connectivity index (χ2v) is 6.25. The van der Waals surface area contributed by atoms with Gasteiger partial charge >= 0.3 is 0 Å². The van der Waals surface area contributed by atoms with Crippen molar-refractivity contribution in [3.05, 3.63) is 63.9 Å². The van der Waals surface area contributed by atoms with Gasteiger partial charge in [0.05, 0.1) is 4.47 Å². The Morgan fingerprint density at radius 3 is 2.52 bits per heavy atom. The van der Waals surface area contributed by atoms with E-state index in [1.54, 1.807) is 6.07 Å². The van der Waals surface area contributed by atoms with Crippen LogP contribution in [0.2, 0.25) is 0 Å². The van der Waals surface area contributed by atoms with Gasteiger partial charge in [-0.2, -0.15) is 0 Å². The third-order valence-electron chi connectivity index (χ3n) is 3.47. The summed E-state index contributed by atoms with van der Waals surface area (Å²) in [5.41, 5.74) is 8.71. The van der Waals surface area contributed by atoms with Crippen molar-refractivity contribution in [2.75, 3.05) is 5.73 Å². The SMILES string of the molecule is CC(C)N(Cc1cccc(N)c1)Cc1cccc(F)c1Br. The molecule has 0 radical (unpaired) electrons.